The van der Waals surface area contributed by atoms with Crippen LogP contribution in [0.2, 0.25) is 0 Å². The van der Waals surface area contributed by atoms with Crippen molar-refractivity contribution in [2.24, 2.45) is 5.73 Å². The van der Waals surface area contributed by atoms with E-state index in [1.54, 1.807) is 0 Å². The van der Waals surface area contributed by atoms with Gasteiger partial charge in [0.1, 0.15) is 6.10 Å². The highest BCUT2D eigenvalue weighted by Crippen LogP contribution is 2.43. The van der Waals surface area contributed by atoms with Gasteiger partial charge < -0.3 is 20.1 Å². The molecular formula is C39H68NO7P. The highest BCUT2D eigenvalue weighted by Gasteiger charge is 2.25. The third-order valence-electron chi connectivity index (χ3n) is 7.14. The van der Waals surface area contributed by atoms with Gasteiger partial charge in [-0.1, -0.05) is 132 Å². The Bertz CT molecular complexity index is 958. The molecule has 0 aliphatic carbocycles. The summed E-state index contributed by atoms with van der Waals surface area (Å²) in [6, 6.07) is 0. The number of carbonyl (C=O) groups excluding carboxylic acids is 1. The van der Waals surface area contributed by atoms with Gasteiger partial charge in [0.25, 0.3) is 0 Å². The first-order chi connectivity index (χ1) is 23.4. The van der Waals surface area contributed by atoms with Crippen molar-refractivity contribution in [3.63, 3.8) is 0 Å². The van der Waals surface area contributed by atoms with Crippen LogP contribution in [0.25, 0.3) is 0 Å². The maximum Gasteiger partial charge on any atom is 0.472 e. The van der Waals surface area contributed by atoms with E-state index in [4.69, 9.17) is 24.3 Å². The summed E-state index contributed by atoms with van der Waals surface area (Å²) in [5.41, 5.74) is 5.33. The van der Waals surface area contributed by atoms with E-state index in [0.717, 1.165) is 83.5 Å². The van der Waals surface area contributed by atoms with Gasteiger partial charge in [0, 0.05) is 19.6 Å². The molecule has 0 saturated carbocycles. The van der Waals surface area contributed by atoms with E-state index in [0.29, 0.717) is 13.0 Å². The van der Waals surface area contributed by atoms with Crippen molar-refractivity contribution in [1.29, 1.82) is 0 Å². The summed E-state index contributed by atoms with van der Waals surface area (Å²) in [7, 11) is -4.28. The van der Waals surface area contributed by atoms with E-state index in [2.05, 4.69) is 86.8 Å². The average Bonchev–Trinajstić information content (AvgIpc) is 3.07. The number of phosphoric ester groups is 1. The lowest BCUT2D eigenvalue weighted by Gasteiger charge is -2.20. The van der Waals surface area contributed by atoms with Gasteiger partial charge >= 0.3 is 13.8 Å². The zero-order chi connectivity index (χ0) is 35.2. The van der Waals surface area contributed by atoms with Gasteiger partial charge in [-0.25, -0.2) is 4.57 Å². The molecule has 9 heteroatoms. The Kier molecular flexibility index (Phi) is 34.7. The number of esters is 1. The van der Waals surface area contributed by atoms with Crippen LogP contribution in [0.5, 0.6) is 0 Å². The molecular weight excluding hydrogens is 625 g/mol. The van der Waals surface area contributed by atoms with E-state index in [9.17, 15) is 14.3 Å². The van der Waals surface area contributed by atoms with E-state index in [1.807, 2.05) is 0 Å². The molecule has 2 unspecified atom stereocenters. The Morgan fingerprint density at radius 2 is 1.17 bits per heavy atom. The van der Waals surface area contributed by atoms with Crippen molar-refractivity contribution in [1.82, 2.24) is 0 Å². The van der Waals surface area contributed by atoms with Crippen molar-refractivity contribution < 1.29 is 32.8 Å². The number of ether oxygens (including phenoxy) is 2. The van der Waals surface area contributed by atoms with Gasteiger partial charge in [0.05, 0.1) is 19.8 Å². The van der Waals surface area contributed by atoms with Crippen LogP contribution < -0.4 is 5.73 Å². The van der Waals surface area contributed by atoms with Crippen LogP contribution in [0.15, 0.2) is 72.9 Å². The van der Waals surface area contributed by atoms with Crippen molar-refractivity contribution >= 4 is 13.8 Å². The lowest BCUT2D eigenvalue weighted by atomic mass is 10.1. The molecule has 0 heterocycles. The second kappa shape index (κ2) is 36.2. The predicted molar refractivity (Wildman–Crippen MR) is 201 cm³/mol. The summed E-state index contributed by atoms with van der Waals surface area (Å²) in [6.45, 7) is 4.64. The number of nitrogens with two attached hydrogens (primary N) is 1. The topological polar surface area (TPSA) is 117 Å². The zero-order valence-corrected chi connectivity index (χ0v) is 31.1. The molecule has 0 aromatic rings. The molecule has 0 aliphatic heterocycles. The van der Waals surface area contributed by atoms with Crippen LogP contribution in [-0.4, -0.2) is 49.9 Å². The smallest absolute Gasteiger partial charge is 0.457 e. The fourth-order valence-electron chi connectivity index (χ4n) is 4.47. The minimum absolute atomic E-state index is 0.0901. The molecule has 0 rings (SSSR count). The van der Waals surface area contributed by atoms with Gasteiger partial charge in [0.2, 0.25) is 0 Å². The zero-order valence-electron chi connectivity index (χ0n) is 30.2. The maximum absolute atomic E-state index is 12.4. The van der Waals surface area contributed by atoms with E-state index >= 15 is 0 Å². The normalized spacial score (nSPS) is 14.5. The maximum atomic E-state index is 12.4. The number of carbonyl (C=O) groups is 1. The molecule has 0 aromatic carbocycles. The molecule has 0 amide bonds. The Morgan fingerprint density at radius 1 is 0.646 bits per heavy atom. The molecule has 276 valence electrons. The Balaban J connectivity index is 4.09. The van der Waals surface area contributed by atoms with Crippen molar-refractivity contribution in [2.75, 3.05) is 33.0 Å². The minimum atomic E-state index is -4.28. The summed E-state index contributed by atoms with van der Waals surface area (Å²) in [5, 5.41) is 0. The van der Waals surface area contributed by atoms with Crippen molar-refractivity contribution in [3.05, 3.63) is 72.9 Å². The first-order valence-electron chi connectivity index (χ1n) is 18.4. The van der Waals surface area contributed by atoms with Crippen LogP contribution in [0.4, 0.5) is 0 Å². The lowest BCUT2D eigenvalue weighted by Crippen LogP contribution is -2.28. The van der Waals surface area contributed by atoms with Crippen LogP contribution in [0.1, 0.15) is 129 Å². The first kappa shape index (κ1) is 45.9. The summed E-state index contributed by atoms with van der Waals surface area (Å²) in [4.78, 5) is 22.2. The van der Waals surface area contributed by atoms with Crippen LogP contribution in [-0.2, 0) is 27.9 Å². The van der Waals surface area contributed by atoms with Crippen LogP contribution in [0, 0.1) is 0 Å². The van der Waals surface area contributed by atoms with E-state index < -0.39 is 13.9 Å². The van der Waals surface area contributed by atoms with Gasteiger partial charge in [-0.15, -0.1) is 0 Å². The molecule has 0 spiro atoms. The monoisotopic (exact) mass is 693 g/mol. The molecule has 2 atom stereocenters. The molecule has 0 fully saturated rings. The Hall–Kier alpha value is -2.06. The number of phosphoric acid groups is 1. The highest BCUT2D eigenvalue weighted by atomic mass is 31.2. The quantitative estimate of drug-likeness (QED) is 0.0296. The van der Waals surface area contributed by atoms with Crippen LogP contribution in [0.3, 0.4) is 0 Å². The fraction of sp³-hybridized carbons (Fsp3) is 0.667. The number of hydrogen-bond donors (Lipinski definition) is 2. The molecule has 0 aromatic heterocycles. The second-order valence-corrected chi connectivity index (χ2v) is 13.2. The van der Waals surface area contributed by atoms with Gasteiger partial charge in [-0.2, -0.15) is 0 Å². The second-order valence-electron chi connectivity index (χ2n) is 11.7. The molecule has 48 heavy (non-hydrogen) atoms. The SMILES string of the molecule is CC/C=C\C/C=C\C/C=C\C/C=C\C/C=C\C/C=C\CCCCCOCC(COP(=O)(O)OCCN)OC(=O)CCCCCCCCC. The molecule has 0 radical (unpaired) electrons. The molecule has 0 aliphatic rings. The molecule has 8 nitrogen and oxygen atoms in total. The van der Waals surface area contributed by atoms with E-state index in [1.165, 1.54) is 25.7 Å². The fourth-order valence-corrected chi connectivity index (χ4v) is 5.23. The molecule has 0 bridgehead atoms. The largest absolute Gasteiger partial charge is 0.472 e. The van der Waals surface area contributed by atoms with Crippen molar-refractivity contribution in [2.45, 2.75) is 136 Å². The van der Waals surface area contributed by atoms with Crippen molar-refractivity contribution in [3.8, 4) is 0 Å². The number of hydrogen-bond acceptors (Lipinski definition) is 7. The number of rotatable bonds is 34. The minimum Gasteiger partial charge on any atom is -0.457 e. The van der Waals surface area contributed by atoms with Gasteiger partial charge in [0.15, 0.2) is 0 Å². The Labute approximate surface area is 293 Å². The van der Waals surface area contributed by atoms with E-state index in [-0.39, 0.29) is 32.3 Å². The summed E-state index contributed by atoms with van der Waals surface area (Å²) >= 11 is 0. The third kappa shape index (κ3) is 35.3. The van der Waals surface area contributed by atoms with Gasteiger partial charge in [-0.3, -0.25) is 13.8 Å². The lowest BCUT2D eigenvalue weighted by molar-refractivity contribution is -0.154. The first-order valence-corrected chi connectivity index (χ1v) is 19.9. The number of unbranched alkanes of at least 4 members (excludes halogenated alkanes) is 9. The summed E-state index contributed by atoms with van der Waals surface area (Å²) in [6.07, 6.45) is 43.7. The highest BCUT2D eigenvalue weighted by molar-refractivity contribution is 7.47. The Morgan fingerprint density at radius 3 is 1.73 bits per heavy atom. The van der Waals surface area contributed by atoms with Crippen LogP contribution >= 0.6 is 7.82 Å². The molecule has 3 N–H and O–H groups in total. The average molecular weight is 694 g/mol. The third-order valence-corrected chi connectivity index (χ3v) is 8.12. The predicted octanol–water partition coefficient (Wildman–Crippen LogP) is 10.4. The number of allylic oxidation sites excluding steroid dienone is 12. The van der Waals surface area contributed by atoms with Gasteiger partial charge in [-0.05, 0) is 64.2 Å². The standard InChI is InChI=1S/C39H68NO7P/c1-3-5-7-9-11-12-13-14-15-16-17-18-19-20-21-22-23-24-25-27-29-31-34-44-36-38(37-46-48(42,43)45-35-33-40)47-39(41)32-30-28-26-10-8-6-4-2/h5,7,11-12,14-15,17-18,20-21,23-24,38H,3-4,6,8-10,13,16,19,22,25-37,40H2,1-2H3,(H,42,43)/b7-5-,12-11-,15-14-,18-17-,21-20-,24-23-. The summed E-state index contributed by atoms with van der Waals surface area (Å²) < 4.78 is 33.1. The summed E-state index contributed by atoms with van der Waals surface area (Å²) in [5.74, 6) is -0.354. The molecule has 0 saturated heterocycles.